The van der Waals surface area contributed by atoms with Crippen molar-refractivity contribution in [3.05, 3.63) is 29.3 Å². The highest BCUT2D eigenvalue weighted by Crippen LogP contribution is 2.33. The van der Waals surface area contributed by atoms with Crippen molar-refractivity contribution in [3.63, 3.8) is 0 Å². The number of aliphatic hydroxyl groups is 1. The maximum absolute atomic E-state index is 13.1. The number of carbonyl (C=O) groups excluding carboxylic acids is 5. The SMILES string of the molecule is CNC(=O)C(CCC=O)N1C(=O)c2cccc(OCC(=O)NCCOCCOCCO)c2C1=O. The van der Waals surface area contributed by atoms with E-state index in [2.05, 4.69) is 10.6 Å². The summed E-state index contributed by atoms with van der Waals surface area (Å²) < 4.78 is 15.8. The van der Waals surface area contributed by atoms with Crippen molar-refractivity contribution >= 4 is 29.9 Å². The Labute approximate surface area is 196 Å². The van der Waals surface area contributed by atoms with Crippen molar-refractivity contribution in [3.8, 4) is 5.75 Å². The van der Waals surface area contributed by atoms with Gasteiger partial charge in [0.2, 0.25) is 5.91 Å². The van der Waals surface area contributed by atoms with E-state index < -0.39 is 36.3 Å². The lowest BCUT2D eigenvalue weighted by Crippen LogP contribution is -2.48. The molecule has 0 saturated heterocycles. The van der Waals surface area contributed by atoms with Gasteiger partial charge in [-0.3, -0.25) is 24.1 Å². The number of amides is 4. The number of likely N-dealkylation sites (N-methyl/N-ethyl adjacent to an activating group) is 1. The smallest absolute Gasteiger partial charge is 0.266 e. The molecule has 12 heteroatoms. The molecule has 1 aromatic carbocycles. The standard InChI is InChI=1S/C22H29N3O9/c1-23-20(29)16(5-3-8-26)25-21(30)15-4-2-6-17(19(15)22(25)31)34-14-18(28)24-7-10-32-12-13-33-11-9-27/h2,4,6,8,16,27H,3,5,7,9-14H2,1H3,(H,23,29)(H,24,28). The lowest BCUT2D eigenvalue weighted by molar-refractivity contribution is -0.125. The van der Waals surface area contributed by atoms with Crippen LogP contribution in [0.3, 0.4) is 0 Å². The van der Waals surface area contributed by atoms with Gasteiger partial charge in [0.15, 0.2) is 6.61 Å². The summed E-state index contributed by atoms with van der Waals surface area (Å²) in [5.41, 5.74) is 0.0197. The predicted molar refractivity (Wildman–Crippen MR) is 117 cm³/mol. The molecule has 2 rings (SSSR count). The van der Waals surface area contributed by atoms with E-state index in [0.29, 0.717) is 19.5 Å². The second kappa shape index (κ2) is 14.0. The predicted octanol–water partition coefficient (Wildman–Crippen LogP) is -1.10. The molecule has 0 radical (unpaired) electrons. The van der Waals surface area contributed by atoms with E-state index in [1.807, 2.05) is 0 Å². The minimum Gasteiger partial charge on any atom is -0.483 e. The Bertz CT molecular complexity index is 890. The number of hydrogen-bond donors (Lipinski definition) is 3. The van der Waals surface area contributed by atoms with Gasteiger partial charge in [-0.2, -0.15) is 0 Å². The molecule has 0 bridgehead atoms. The van der Waals surface area contributed by atoms with Crippen molar-refractivity contribution in [2.45, 2.75) is 18.9 Å². The summed E-state index contributed by atoms with van der Waals surface area (Å²) >= 11 is 0. The molecule has 0 aliphatic carbocycles. The van der Waals surface area contributed by atoms with Crippen molar-refractivity contribution in [2.24, 2.45) is 0 Å². The van der Waals surface area contributed by atoms with Gasteiger partial charge in [-0.1, -0.05) is 6.07 Å². The second-order valence-corrected chi connectivity index (χ2v) is 7.12. The van der Waals surface area contributed by atoms with Crippen LogP contribution in [-0.4, -0.2) is 99.2 Å². The van der Waals surface area contributed by atoms with Gasteiger partial charge in [-0.25, -0.2) is 0 Å². The van der Waals surface area contributed by atoms with Crippen LogP contribution < -0.4 is 15.4 Å². The number of carbonyl (C=O) groups is 5. The molecule has 3 N–H and O–H groups in total. The molecule has 1 aliphatic rings. The average molecular weight is 479 g/mol. The molecule has 186 valence electrons. The Morgan fingerprint density at radius 2 is 1.85 bits per heavy atom. The van der Waals surface area contributed by atoms with Gasteiger partial charge in [0.05, 0.1) is 44.2 Å². The number of benzene rings is 1. The molecule has 0 aromatic heterocycles. The first-order valence-corrected chi connectivity index (χ1v) is 10.8. The normalized spacial score (nSPS) is 13.4. The summed E-state index contributed by atoms with van der Waals surface area (Å²) in [7, 11) is 1.37. The molecule has 0 spiro atoms. The van der Waals surface area contributed by atoms with E-state index in [9.17, 15) is 24.0 Å². The number of rotatable bonds is 16. The van der Waals surface area contributed by atoms with Crippen LogP contribution >= 0.6 is 0 Å². The Balaban J connectivity index is 1.94. The minimum atomic E-state index is -1.15. The number of ether oxygens (including phenoxy) is 3. The zero-order valence-electron chi connectivity index (χ0n) is 18.9. The third-order valence-corrected chi connectivity index (χ3v) is 4.86. The van der Waals surface area contributed by atoms with Crippen LogP contribution in [-0.2, 0) is 23.9 Å². The number of fused-ring (bicyclic) bond motifs is 1. The Morgan fingerprint density at radius 1 is 1.12 bits per heavy atom. The van der Waals surface area contributed by atoms with E-state index in [1.54, 1.807) is 0 Å². The molecule has 4 amide bonds. The molecule has 0 saturated carbocycles. The molecule has 1 unspecified atom stereocenters. The van der Waals surface area contributed by atoms with E-state index >= 15 is 0 Å². The Kier molecular flexibility index (Phi) is 11.1. The minimum absolute atomic E-state index is 0.00554. The first-order valence-electron chi connectivity index (χ1n) is 10.8. The molecular weight excluding hydrogens is 450 g/mol. The van der Waals surface area contributed by atoms with Gasteiger partial charge in [-0.05, 0) is 18.6 Å². The summed E-state index contributed by atoms with van der Waals surface area (Å²) in [6.45, 7) is 0.894. The van der Waals surface area contributed by atoms with Crippen LogP contribution in [0.4, 0.5) is 0 Å². The van der Waals surface area contributed by atoms with Crippen molar-refractivity contribution in [2.75, 3.05) is 53.2 Å². The lowest BCUT2D eigenvalue weighted by atomic mass is 10.1. The van der Waals surface area contributed by atoms with E-state index in [1.165, 1.54) is 25.2 Å². The molecule has 1 atom stereocenters. The molecule has 0 fully saturated rings. The summed E-state index contributed by atoms with van der Waals surface area (Å²) in [5, 5.41) is 13.6. The van der Waals surface area contributed by atoms with Crippen LogP contribution in [0.1, 0.15) is 33.6 Å². The largest absolute Gasteiger partial charge is 0.483 e. The third kappa shape index (κ3) is 7.07. The summed E-state index contributed by atoms with van der Waals surface area (Å²) in [4.78, 5) is 61.9. The first kappa shape index (κ1) is 26.9. The monoisotopic (exact) mass is 479 g/mol. The Hall–Kier alpha value is -3.35. The Morgan fingerprint density at radius 3 is 2.53 bits per heavy atom. The number of nitrogens with one attached hydrogen (secondary N) is 2. The zero-order chi connectivity index (χ0) is 24.9. The third-order valence-electron chi connectivity index (χ3n) is 4.86. The van der Waals surface area contributed by atoms with Crippen molar-refractivity contribution in [1.29, 1.82) is 0 Å². The van der Waals surface area contributed by atoms with Crippen molar-refractivity contribution in [1.82, 2.24) is 15.5 Å². The van der Waals surface area contributed by atoms with E-state index in [4.69, 9.17) is 19.3 Å². The second-order valence-electron chi connectivity index (χ2n) is 7.12. The topological polar surface area (TPSA) is 161 Å². The van der Waals surface area contributed by atoms with Crippen LogP contribution in [0.2, 0.25) is 0 Å². The molecule has 1 aliphatic heterocycles. The van der Waals surface area contributed by atoms with E-state index in [0.717, 1.165) is 4.90 Å². The maximum Gasteiger partial charge on any atom is 0.266 e. The first-order chi connectivity index (χ1) is 16.5. The summed E-state index contributed by atoms with van der Waals surface area (Å²) in [6, 6.07) is 3.25. The summed E-state index contributed by atoms with van der Waals surface area (Å²) in [5.74, 6) is -2.39. The number of aliphatic hydroxyl groups excluding tert-OH is 1. The van der Waals surface area contributed by atoms with Gasteiger partial charge in [-0.15, -0.1) is 0 Å². The fourth-order valence-corrected chi connectivity index (χ4v) is 3.29. The molecule has 1 heterocycles. The number of aldehydes is 1. The number of imide groups is 1. The van der Waals surface area contributed by atoms with Gasteiger partial charge in [0.25, 0.3) is 17.7 Å². The van der Waals surface area contributed by atoms with Gasteiger partial charge >= 0.3 is 0 Å². The molecule has 34 heavy (non-hydrogen) atoms. The van der Waals surface area contributed by atoms with Crippen molar-refractivity contribution < 1.29 is 43.3 Å². The lowest BCUT2D eigenvalue weighted by Gasteiger charge is -2.24. The number of hydrogen-bond acceptors (Lipinski definition) is 9. The average Bonchev–Trinajstić information content (AvgIpc) is 3.10. The summed E-state index contributed by atoms with van der Waals surface area (Å²) in [6.07, 6.45) is 0.592. The highest BCUT2D eigenvalue weighted by Gasteiger charge is 2.44. The fraction of sp³-hybridized carbons (Fsp3) is 0.500. The van der Waals surface area contributed by atoms with Crippen LogP contribution in [0.15, 0.2) is 18.2 Å². The van der Waals surface area contributed by atoms with Crippen LogP contribution in [0, 0.1) is 0 Å². The number of nitrogens with zero attached hydrogens (tertiary/aromatic N) is 1. The van der Waals surface area contributed by atoms with Gasteiger partial charge in [0.1, 0.15) is 18.1 Å². The maximum atomic E-state index is 13.1. The highest BCUT2D eigenvalue weighted by atomic mass is 16.5. The fourth-order valence-electron chi connectivity index (χ4n) is 3.29. The van der Waals surface area contributed by atoms with Gasteiger partial charge in [0, 0.05) is 20.0 Å². The zero-order valence-corrected chi connectivity index (χ0v) is 18.9. The van der Waals surface area contributed by atoms with Crippen LogP contribution in [0.25, 0.3) is 0 Å². The molecular formula is C22H29N3O9. The van der Waals surface area contributed by atoms with Crippen LogP contribution in [0.5, 0.6) is 5.75 Å². The highest BCUT2D eigenvalue weighted by molar-refractivity contribution is 6.24. The quantitative estimate of drug-likeness (QED) is 0.152. The molecule has 12 nitrogen and oxygen atoms in total. The van der Waals surface area contributed by atoms with Gasteiger partial charge < -0.3 is 34.7 Å². The molecule has 1 aromatic rings. The van der Waals surface area contributed by atoms with E-state index in [-0.39, 0.29) is 56.1 Å².